The maximum atomic E-state index is 12.6. The lowest BCUT2D eigenvalue weighted by Gasteiger charge is -2.29. The number of imidazole rings is 1. The number of aliphatic hydroxyl groups excluding tert-OH is 2. The number of carbonyl (C=O) groups is 1. The zero-order valence-corrected chi connectivity index (χ0v) is 15.3. The second-order valence-electron chi connectivity index (χ2n) is 7.43. The molecule has 1 aliphatic carbocycles. The van der Waals surface area contributed by atoms with E-state index in [2.05, 4.69) is 15.3 Å². The van der Waals surface area contributed by atoms with Gasteiger partial charge in [-0.3, -0.25) is 4.79 Å². The molecule has 4 N–H and O–H groups in total. The standard InChI is InChI=1S/C21H23N3O4/c25-17-10-21(11-18(17)26,13-28-14-6-2-1-3-7-14)12-22-20(27)19-23-15-8-4-5-9-16(15)24-19/h1-9,17-18,25-26H,10-13H2,(H,22,27)(H,23,24)/t17-,18+,21?. The summed E-state index contributed by atoms with van der Waals surface area (Å²) < 4.78 is 5.88. The summed E-state index contributed by atoms with van der Waals surface area (Å²) in [5, 5.41) is 23.0. The molecule has 7 heteroatoms. The summed E-state index contributed by atoms with van der Waals surface area (Å²) >= 11 is 0. The molecule has 0 aliphatic heterocycles. The Labute approximate surface area is 162 Å². The highest BCUT2D eigenvalue weighted by molar-refractivity contribution is 5.94. The zero-order chi connectivity index (χ0) is 19.6. The topological polar surface area (TPSA) is 107 Å². The van der Waals surface area contributed by atoms with Crippen LogP contribution in [0.2, 0.25) is 0 Å². The minimum atomic E-state index is -0.831. The normalized spacial score (nSPS) is 24.4. The average molecular weight is 381 g/mol. The molecule has 3 atom stereocenters. The Kier molecular flexibility index (Phi) is 5.02. The van der Waals surface area contributed by atoms with Crippen molar-refractivity contribution in [3.63, 3.8) is 0 Å². The minimum Gasteiger partial charge on any atom is -0.493 e. The van der Waals surface area contributed by atoms with E-state index in [9.17, 15) is 15.0 Å². The van der Waals surface area contributed by atoms with Gasteiger partial charge in [0.1, 0.15) is 5.75 Å². The number of hydrogen-bond acceptors (Lipinski definition) is 5. The van der Waals surface area contributed by atoms with Gasteiger partial charge in [0.05, 0.1) is 29.8 Å². The number of ether oxygens (including phenoxy) is 1. The highest BCUT2D eigenvalue weighted by Crippen LogP contribution is 2.38. The van der Waals surface area contributed by atoms with Crippen LogP contribution in [-0.4, -0.2) is 51.4 Å². The number of H-pyrrole nitrogens is 1. The van der Waals surface area contributed by atoms with Gasteiger partial charge in [0.25, 0.3) is 5.91 Å². The van der Waals surface area contributed by atoms with Crippen molar-refractivity contribution in [2.75, 3.05) is 13.2 Å². The number of amides is 1. The van der Waals surface area contributed by atoms with Gasteiger partial charge in [-0.25, -0.2) is 4.98 Å². The predicted molar refractivity (Wildman–Crippen MR) is 104 cm³/mol. The van der Waals surface area contributed by atoms with Gasteiger partial charge < -0.3 is 25.3 Å². The summed E-state index contributed by atoms with van der Waals surface area (Å²) in [6.45, 7) is 0.551. The van der Waals surface area contributed by atoms with Gasteiger partial charge in [0, 0.05) is 12.0 Å². The Balaban J connectivity index is 1.45. The number of aromatic nitrogens is 2. The third-order valence-electron chi connectivity index (χ3n) is 5.25. The first kappa shape index (κ1) is 18.5. The van der Waals surface area contributed by atoms with Crippen molar-refractivity contribution in [3.05, 3.63) is 60.4 Å². The number of hydrogen-bond donors (Lipinski definition) is 4. The number of para-hydroxylation sites is 3. The number of aromatic amines is 1. The van der Waals surface area contributed by atoms with E-state index in [-0.39, 0.29) is 24.9 Å². The molecule has 0 bridgehead atoms. The third kappa shape index (κ3) is 3.85. The molecule has 1 aromatic heterocycles. The minimum absolute atomic E-state index is 0.236. The number of rotatable bonds is 6. The number of aliphatic hydroxyl groups is 2. The lowest BCUT2D eigenvalue weighted by atomic mass is 9.86. The van der Waals surface area contributed by atoms with E-state index in [4.69, 9.17) is 4.74 Å². The molecule has 0 radical (unpaired) electrons. The van der Waals surface area contributed by atoms with Crippen LogP contribution in [0.3, 0.4) is 0 Å². The molecule has 4 rings (SSSR count). The van der Waals surface area contributed by atoms with Crippen LogP contribution in [0, 0.1) is 5.41 Å². The Morgan fingerprint density at radius 2 is 1.79 bits per heavy atom. The highest BCUT2D eigenvalue weighted by Gasteiger charge is 2.45. The van der Waals surface area contributed by atoms with E-state index in [1.54, 1.807) is 0 Å². The van der Waals surface area contributed by atoms with Crippen molar-refractivity contribution in [3.8, 4) is 5.75 Å². The molecule has 1 heterocycles. The molecule has 146 valence electrons. The molecule has 1 amide bonds. The summed E-state index contributed by atoms with van der Waals surface area (Å²) in [5.41, 5.74) is 0.957. The summed E-state index contributed by atoms with van der Waals surface area (Å²) in [6.07, 6.45) is -0.965. The van der Waals surface area contributed by atoms with E-state index in [1.807, 2.05) is 54.6 Å². The molecule has 28 heavy (non-hydrogen) atoms. The lowest BCUT2D eigenvalue weighted by molar-refractivity contribution is 0.0438. The van der Waals surface area contributed by atoms with Crippen molar-refractivity contribution in [2.45, 2.75) is 25.0 Å². The van der Waals surface area contributed by atoms with Crippen LogP contribution >= 0.6 is 0 Å². The van der Waals surface area contributed by atoms with Crippen molar-refractivity contribution in [1.82, 2.24) is 15.3 Å². The van der Waals surface area contributed by atoms with E-state index in [0.717, 1.165) is 11.0 Å². The SMILES string of the molecule is O=C(NCC1(COc2ccccc2)C[C@@H](O)[C@@H](O)C1)c1nc2ccccc2[nH]1. The van der Waals surface area contributed by atoms with Crippen molar-refractivity contribution in [2.24, 2.45) is 5.41 Å². The van der Waals surface area contributed by atoms with Crippen LogP contribution in [0.25, 0.3) is 11.0 Å². The largest absolute Gasteiger partial charge is 0.493 e. The molecule has 0 spiro atoms. The quantitative estimate of drug-likeness (QED) is 0.521. The number of nitrogens with zero attached hydrogens (tertiary/aromatic N) is 1. The first-order valence-corrected chi connectivity index (χ1v) is 9.32. The number of nitrogens with one attached hydrogen (secondary N) is 2. The van der Waals surface area contributed by atoms with Gasteiger partial charge in [0.2, 0.25) is 0 Å². The van der Waals surface area contributed by atoms with Crippen LogP contribution in [-0.2, 0) is 0 Å². The van der Waals surface area contributed by atoms with Gasteiger partial charge in [0.15, 0.2) is 5.82 Å². The first-order chi connectivity index (χ1) is 13.5. The maximum absolute atomic E-state index is 12.6. The molecule has 3 aromatic rings. The molecule has 1 unspecified atom stereocenters. The fourth-order valence-corrected chi connectivity index (χ4v) is 3.72. The number of fused-ring (bicyclic) bond motifs is 1. The summed E-state index contributed by atoms with van der Waals surface area (Å²) in [6, 6.07) is 16.8. The monoisotopic (exact) mass is 381 g/mol. The summed E-state index contributed by atoms with van der Waals surface area (Å²) in [7, 11) is 0. The second kappa shape index (κ2) is 7.61. The zero-order valence-electron chi connectivity index (χ0n) is 15.3. The Morgan fingerprint density at radius 3 is 2.50 bits per heavy atom. The fourth-order valence-electron chi connectivity index (χ4n) is 3.72. The van der Waals surface area contributed by atoms with Gasteiger partial charge in [-0.15, -0.1) is 0 Å². The Morgan fingerprint density at radius 1 is 1.11 bits per heavy atom. The van der Waals surface area contributed by atoms with Crippen molar-refractivity contribution < 1.29 is 19.7 Å². The first-order valence-electron chi connectivity index (χ1n) is 9.32. The molecule has 1 aliphatic rings. The Bertz CT molecular complexity index is 913. The van der Waals surface area contributed by atoms with Crippen molar-refractivity contribution >= 4 is 16.9 Å². The predicted octanol–water partition coefficient (Wildman–Crippen LogP) is 1.87. The van der Waals surface area contributed by atoms with Crippen LogP contribution < -0.4 is 10.1 Å². The molecule has 0 saturated heterocycles. The van der Waals surface area contributed by atoms with Gasteiger partial charge in [-0.05, 0) is 37.1 Å². The van der Waals surface area contributed by atoms with E-state index < -0.39 is 17.6 Å². The molecule has 1 fully saturated rings. The van der Waals surface area contributed by atoms with E-state index in [1.165, 1.54) is 0 Å². The van der Waals surface area contributed by atoms with Crippen molar-refractivity contribution in [1.29, 1.82) is 0 Å². The molecule has 1 saturated carbocycles. The smallest absolute Gasteiger partial charge is 0.287 e. The summed E-state index contributed by atoms with van der Waals surface area (Å²) in [5.74, 6) is 0.618. The van der Waals surface area contributed by atoms with Gasteiger partial charge in [-0.1, -0.05) is 30.3 Å². The van der Waals surface area contributed by atoms with E-state index in [0.29, 0.717) is 18.6 Å². The average Bonchev–Trinajstić information content (AvgIpc) is 3.27. The van der Waals surface area contributed by atoms with Crippen LogP contribution in [0.5, 0.6) is 5.75 Å². The van der Waals surface area contributed by atoms with Gasteiger partial charge in [-0.2, -0.15) is 0 Å². The highest BCUT2D eigenvalue weighted by atomic mass is 16.5. The number of carbonyl (C=O) groups excluding carboxylic acids is 1. The molecule has 2 aromatic carbocycles. The number of benzene rings is 2. The Hall–Kier alpha value is -2.90. The summed E-state index contributed by atoms with van der Waals surface area (Å²) in [4.78, 5) is 19.9. The van der Waals surface area contributed by atoms with E-state index >= 15 is 0 Å². The second-order valence-corrected chi connectivity index (χ2v) is 7.43. The third-order valence-corrected chi connectivity index (χ3v) is 5.25. The molecule has 7 nitrogen and oxygen atoms in total. The maximum Gasteiger partial charge on any atom is 0.287 e. The molecular weight excluding hydrogens is 358 g/mol. The fraction of sp³-hybridized carbons (Fsp3) is 0.333. The molecular formula is C21H23N3O4. The van der Waals surface area contributed by atoms with Crippen LogP contribution in [0.1, 0.15) is 23.5 Å². The van der Waals surface area contributed by atoms with Crippen LogP contribution in [0.4, 0.5) is 0 Å². The van der Waals surface area contributed by atoms with Gasteiger partial charge >= 0.3 is 0 Å². The lowest BCUT2D eigenvalue weighted by Crippen LogP contribution is -2.40. The van der Waals surface area contributed by atoms with Crippen LogP contribution in [0.15, 0.2) is 54.6 Å².